The van der Waals surface area contributed by atoms with Gasteiger partial charge in [-0.05, 0) is 43.9 Å². The molecule has 0 radical (unpaired) electrons. The molecule has 1 aromatic heterocycles. The van der Waals surface area contributed by atoms with Crippen LogP contribution in [-0.2, 0) is 4.79 Å². The second-order valence-corrected chi connectivity index (χ2v) is 5.90. The van der Waals surface area contributed by atoms with Gasteiger partial charge in [-0.1, -0.05) is 18.9 Å². The first kappa shape index (κ1) is 12.6. The molecule has 2 N–H and O–H groups in total. The summed E-state index contributed by atoms with van der Waals surface area (Å²) < 4.78 is 0. The number of hydrogen-bond donors (Lipinski definition) is 2. The maximum Gasteiger partial charge on any atom is 0.233 e. The fourth-order valence-electron chi connectivity index (χ4n) is 3.47. The summed E-state index contributed by atoms with van der Waals surface area (Å²) in [5, 5.41) is 6.41. The Morgan fingerprint density at radius 1 is 1.47 bits per heavy atom. The summed E-state index contributed by atoms with van der Waals surface area (Å²) in [6.07, 6.45) is 6.37. The molecule has 4 nitrogen and oxygen atoms in total. The molecule has 2 fully saturated rings. The number of carbonyl (C=O) groups is 1. The average Bonchev–Trinajstić information content (AvgIpc) is 2.86. The van der Waals surface area contributed by atoms with Gasteiger partial charge in [0.05, 0.1) is 5.41 Å². The standard InChI is InChI=1S/C15H21N3O/c1-11-5-6-13(17-8-11)18-14(19)15-7-3-2-4-12(15)9-16-10-15/h5-6,8,12,16H,2-4,7,9-10H2,1H3,(H,17,18,19)/t12-,15+/m0/s1. The molecule has 1 aliphatic heterocycles. The highest BCUT2D eigenvalue weighted by Gasteiger charge is 2.49. The molecule has 0 spiro atoms. The van der Waals surface area contributed by atoms with E-state index in [1.165, 1.54) is 12.8 Å². The normalized spacial score (nSPS) is 29.8. The lowest BCUT2D eigenvalue weighted by atomic mass is 9.67. The highest BCUT2D eigenvalue weighted by molar-refractivity contribution is 5.95. The van der Waals surface area contributed by atoms with E-state index in [2.05, 4.69) is 15.6 Å². The van der Waals surface area contributed by atoms with Gasteiger partial charge in [0.25, 0.3) is 0 Å². The first-order valence-corrected chi connectivity index (χ1v) is 7.15. The number of carbonyl (C=O) groups excluding carboxylic acids is 1. The smallest absolute Gasteiger partial charge is 0.233 e. The van der Waals surface area contributed by atoms with Crippen molar-refractivity contribution in [2.24, 2.45) is 11.3 Å². The third-order valence-electron chi connectivity index (χ3n) is 4.64. The van der Waals surface area contributed by atoms with Gasteiger partial charge < -0.3 is 10.6 Å². The molecule has 2 heterocycles. The van der Waals surface area contributed by atoms with E-state index in [4.69, 9.17) is 0 Å². The molecule has 102 valence electrons. The lowest BCUT2D eigenvalue weighted by Gasteiger charge is -2.36. The van der Waals surface area contributed by atoms with Gasteiger partial charge in [-0.15, -0.1) is 0 Å². The number of nitrogens with zero attached hydrogens (tertiary/aromatic N) is 1. The van der Waals surface area contributed by atoms with E-state index < -0.39 is 0 Å². The number of fused-ring (bicyclic) bond motifs is 1. The van der Waals surface area contributed by atoms with E-state index in [1.807, 2.05) is 19.1 Å². The molecule has 1 aliphatic carbocycles. The van der Waals surface area contributed by atoms with Crippen molar-refractivity contribution < 1.29 is 4.79 Å². The second-order valence-electron chi connectivity index (χ2n) is 5.90. The molecular formula is C15H21N3O. The van der Waals surface area contributed by atoms with Crippen LogP contribution in [-0.4, -0.2) is 24.0 Å². The second kappa shape index (κ2) is 4.93. The quantitative estimate of drug-likeness (QED) is 0.855. The summed E-state index contributed by atoms with van der Waals surface area (Å²) in [4.78, 5) is 16.9. The van der Waals surface area contributed by atoms with Crippen LogP contribution in [0.25, 0.3) is 0 Å². The molecule has 1 amide bonds. The summed E-state index contributed by atoms with van der Waals surface area (Å²) in [6, 6.07) is 3.86. The number of aryl methyl sites for hydroxylation is 1. The third-order valence-corrected chi connectivity index (χ3v) is 4.64. The van der Waals surface area contributed by atoms with E-state index in [0.717, 1.165) is 31.5 Å². The Labute approximate surface area is 114 Å². The van der Waals surface area contributed by atoms with Crippen molar-refractivity contribution in [1.29, 1.82) is 0 Å². The fraction of sp³-hybridized carbons (Fsp3) is 0.600. The van der Waals surface area contributed by atoms with Crippen molar-refractivity contribution in [3.63, 3.8) is 0 Å². The average molecular weight is 259 g/mol. The molecular weight excluding hydrogens is 238 g/mol. The van der Waals surface area contributed by atoms with Crippen molar-refractivity contribution >= 4 is 11.7 Å². The van der Waals surface area contributed by atoms with Crippen LogP contribution in [0.4, 0.5) is 5.82 Å². The highest BCUT2D eigenvalue weighted by atomic mass is 16.2. The summed E-state index contributed by atoms with van der Waals surface area (Å²) in [6.45, 7) is 3.79. The number of aromatic nitrogens is 1. The van der Waals surface area contributed by atoms with E-state index in [-0.39, 0.29) is 11.3 Å². The van der Waals surface area contributed by atoms with Crippen LogP contribution in [0.2, 0.25) is 0 Å². The number of hydrogen-bond acceptors (Lipinski definition) is 3. The molecule has 0 unspecified atom stereocenters. The maximum atomic E-state index is 12.7. The minimum absolute atomic E-state index is 0.151. The Hall–Kier alpha value is -1.42. The first-order valence-electron chi connectivity index (χ1n) is 7.15. The van der Waals surface area contributed by atoms with Gasteiger partial charge in [-0.3, -0.25) is 4.79 Å². The van der Waals surface area contributed by atoms with Crippen molar-refractivity contribution in [3.05, 3.63) is 23.9 Å². The third kappa shape index (κ3) is 2.25. The van der Waals surface area contributed by atoms with Crippen LogP contribution in [0.5, 0.6) is 0 Å². The topological polar surface area (TPSA) is 54.0 Å². The minimum Gasteiger partial charge on any atom is -0.315 e. The van der Waals surface area contributed by atoms with E-state index in [9.17, 15) is 4.79 Å². The highest BCUT2D eigenvalue weighted by Crippen LogP contribution is 2.44. The SMILES string of the molecule is Cc1ccc(NC(=O)[C@@]23CCCC[C@H]2CNC3)nc1. The summed E-state index contributed by atoms with van der Waals surface area (Å²) in [5.41, 5.74) is 0.902. The van der Waals surface area contributed by atoms with Crippen molar-refractivity contribution in [2.45, 2.75) is 32.6 Å². The monoisotopic (exact) mass is 259 g/mol. The van der Waals surface area contributed by atoms with Crippen LogP contribution < -0.4 is 10.6 Å². The predicted octanol–water partition coefficient (Wildman–Crippen LogP) is 2.11. The van der Waals surface area contributed by atoms with Gasteiger partial charge in [-0.2, -0.15) is 0 Å². The molecule has 19 heavy (non-hydrogen) atoms. The maximum absolute atomic E-state index is 12.7. The van der Waals surface area contributed by atoms with Gasteiger partial charge in [-0.25, -0.2) is 4.98 Å². The number of rotatable bonds is 2. The Morgan fingerprint density at radius 2 is 2.37 bits per heavy atom. The Balaban J connectivity index is 1.77. The van der Waals surface area contributed by atoms with Crippen molar-refractivity contribution in [3.8, 4) is 0 Å². The number of amides is 1. The number of nitrogens with one attached hydrogen (secondary N) is 2. The summed E-state index contributed by atoms with van der Waals surface area (Å²) in [5.74, 6) is 1.31. The Morgan fingerprint density at radius 3 is 3.16 bits per heavy atom. The molecule has 4 heteroatoms. The zero-order valence-corrected chi connectivity index (χ0v) is 11.4. The first-order chi connectivity index (χ1) is 9.21. The molecule has 2 aliphatic rings. The fourth-order valence-corrected chi connectivity index (χ4v) is 3.47. The Kier molecular flexibility index (Phi) is 3.27. The molecule has 1 saturated carbocycles. The van der Waals surface area contributed by atoms with Crippen LogP contribution in [0.15, 0.2) is 18.3 Å². The molecule has 0 aromatic carbocycles. The van der Waals surface area contributed by atoms with Gasteiger partial charge in [0.15, 0.2) is 0 Å². The number of anilines is 1. The van der Waals surface area contributed by atoms with E-state index in [0.29, 0.717) is 11.7 Å². The van der Waals surface area contributed by atoms with Gasteiger partial charge in [0.2, 0.25) is 5.91 Å². The molecule has 1 saturated heterocycles. The van der Waals surface area contributed by atoms with Crippen LogP contribution in [0.1, 0.15) is 31.2 Å². The van der Waals surface area contributed by atoms with E-state index >= 15 is 0 Å². The van der Waals surface area contributed by atoms with Crippen molar-refractivity contribution in [1.82, 2.24) is 10.3 Å². The van der Waals surface area contributed by atoms with Gasteiger partial charge in [0, 0.05) is 12.7 Å². The van der Waals surface area contributed by atoms with Crippen molar-refractivity contribution in [2.75, 3.05) is 18.4 Å². The zero-order valence-electron chi connectivity index (χ0n) is 11.4. The van der Waals surface area contributed by atoms with Crippen LogP contribution >= 0.6 is 0 Å². The largest absolute Gasteiger partial charge is 0.315 e. The zero-order chi connectivity index (χ0) is 13.3. The minimum atomic E-state index is -0.204. The molecule has 0 bridgehead atoms. The predicted molar refractivity (Wildman–Crippen MR) is 74.9 cm³/mol. The van der Waals surface area contributed by atoms with Crippen LogP contribution in [0.3, 0.4) is 0 Å². The summed E-state index contributed by atoms with van der Waals surface area (Å²) >= 11 is 0. The van der Waals surface area contributed by atoms with Gasteiger partial charge in [0.1, 0.15) is 5.82 Å². The lowest BCUT2D eigenvalue weighted by Crippen LogP contribution is -2.44. The number of pyridine rings is 1. The summed E-state index contributed by atoms with van der Waals surface area (Å²) in [7, 11) is 0. The van der Waals surface area contributed by atoms with Gasteiger partial charge >= 0.3 is 0 Å². The van der Waals surface area contributed by atoms with Crippen LogP contribution in [0, 0.1) is 18.3 Å². The lowest BCUT2D eigenvalue weighted by molar-refractivity contribution is -0.128. The molecule has 1 aromatic rings. The molecule has 3 rings (SSSR count). The van der Waals surface area contributed by atoms with E-state index in [1.54, 1.807) is 6.20 Å². The Bertz CT molecular complexity index is 471. The molecule has 2 atom stereocenters.